The van der Waals surface area contributed by atoms with Crippen molar-refractivity contribution >= 4 is 11.6 Å². The summed E-state index contributed by atoms with van der Waals surface area (Å²) in [5, 5.41) is 13.0. The molecule has 1 aromatic heterocycles. The molecule has 6 heteroatoms. The lowest BCUT2D eigenvalue weighted by Crippen LogP contribution is -3.00. The van der Waals surface area contributed by atoms with Gasteiger partial charge in [0.25, 0.3) is 5.91 Å². The first-order chi connectivity index (χ1) is 13.5. The number of nitrogens with one attached hydrogen (secondary N) is 1. The Hall–Kier alpha value is -2.89. The molecule has 0 radical (unpaired) electrons. The molecule has 0 fully saturated rings. The summed E-state index contributed by atoms with van der Waals surface area (Å²) in [6, 6.07) is 16.6. The van der Waals surface area contributed by atoms with E-state index in [2.05, 4.69) is 15.2 Å². The average Bonchev–Trinajstić information content (AvgIpc) is 2.70. The van der Waals surface area contributed by atoms with Crippen molar-refractivity contribution in [3.05, 3.63) is 78.1 Å². The van der Waals surface area contributed by atoms with Crippen LogP contribution in [0.2, 0.25) is 0 Å². The van der Waals surface area contributed by atoms with Crippen molar-refractivity contribution < 1.29 is 23.7 Å². The molecule has 1 amide bonds. The maximum atomic E-state index is 12.6. The van der Waals surface area contributed by atoms with E-state index in [4.69, 9.17) is 0 Å². The highest BCUT2D eigenvalue weighted by Gasteiger charge is 2.10. The Morgan fingerprint density at radius 2 is 1.69 bits per heavy atom. The molecule has 3 aromatic rings. The number of anilines is 1. The minimum atomic E-state index is -0.189. The number of amides is 1. The van der Waals surface area contributed by atoms with Crippen molar-refractivity contribution in [1.82, 2.24) is 9.88 Å². The van der Waals surface area contributed by atoms with Gasteiger partial charge in [-0.05, 0) is 92.6 Å². The number of halogens is 1. The molecule has 0 aliphatic heterocycles. The molecule has 0 atom stereocenters. The van der Waals surface area contributed by atoms with Gasteiger partial charge in [-0.1, -0.05) is 12.1 Å². The van der Waals surface area contributed by atoms with E-state index < -0.39 is 0 Å². The molecule has 1 heterocycles. The first-order valence-electron chi connectivity index (χ1n) is 9.31. The fourth-order valence-electron chi connectivity index (χ4n) is 3.01. The van der Waals surface area contributed by atoms with Crippen molar-refractivity contribution in [2.75, 3.05) is 26.0 Å². The highest BCUT2D eigenvalue weighted by Crippen LogP contribution is 2.23. The first-order valence-corrected chi connectivity index (χ1v) is 9.31. The van der Waals surface area contributed by atoms with E-state index in [9.17, 15) is 9.90 Å². The molecule has 0 unspecified atom stereocenters. The van der Waals surface area contributed by atoms with Gasteiger partial charge in [-0.2, -0.15) is 0 Å². The molecule has 2 aromatic carbocycles. The van der Waals surface area contributed by atoms with E-state index in [-0.39, 0.29) is 25.5 Å². The van der Waals surface area contributed by atoms with Crippen molar-refractivity contribution in [3.63, 3.8) is 0 Å². The molecule has 3 rings (SSSR count). The van der Waals surface area contributed by atoms with Crippen LogP contribution in [0.25, 0.3) is 11.1 Å². The molecular formula is C23H26ClN3O2. The summed E-state index contributed by atoms with van der Waals surface area (Å²) in [4.78, 5) is 18.7. The largest absolute Gasteiger partial charge is 1.00 e. The van der Waals surface area contributed by atoms with Crippen molar-refractivity contribution in [2.24, 2.45) is 0 Å². The molecule has 0 saturated heterocycles. The summed E-state index contributed by atoms with van der Waals surface area (Å²) in [5.74, 6) is 0.0440. The van der Waals surface area contributed by atoms with Gasteiger partial charge in [0.05, 0.1) is 0 Å². The highest BCUT2D eigenvalue weighted by molar-refractivity contribution is 6.04. The lowest BCUT2D eigenvalue weighted by atomic mass is 10.0. The molecule has 29 heavy (non-hydrogen) atoms. The number of aryl methyl sites for hydroxylation is 1. The van der Waals surface area contributed by atoms with Crippen LogP contribution in [0.15, 0.2) is 67.0 Å². The van der Waals surface area contributed by atoms with Crippen LogP contribution in [-0.2, 0) is 6.42 Å². The second-order valence-corrected chi connectivity index (χ2v) is 7.02. The summed E-state index contributed by atoms with van der Waals surface area (Å²) in [6.45, 7) is 0.930. The molecule has 0 aliphatic rings. The monoisotopic (exact) mass is 411 g/mol. The number of rotatable bonds is 7. The Bertz CT molecular complexity index is 935. The maximum absolute atomic E-state index is 12.6. The van der Waals surface area contributed by atoms with Crippen LogP contribution >= 0.6 is 0 Å². The number of carbonyl (C=O) groups excluding carboxylic acids is 1. The van der Waals surface area contributed by atoms with Gasteiger partial charge < -0.3 is 27.7 Å². The number of carbonyl (C=O) groups is 1. The zero-order valence-electron chi connectivity index (χ0n) is 17.6. The van der Waals surface area contributed by atoms with E-state index in [1.807, 2.05) is 50.5 Å². The molecule has 0 aliphatic carbocycles. The minimum Gasteiger partial charge on any atom is -1.00 e. The number of aromatic nitrogens is 1. The summed E-state index contributed by atoms with van der Waals surface area (Å²) >= 11 is 0. The first kappa shape index (κ1) is 22.4. The van der Waals surface area contributed by atoms with E-state index in [0.717, 1.165) is 41.8 Å². The van der Waals surface area contributed by atoms with Crippen molar-refractivity contribution in [1.29, 1.82) is 0 Å². The summed E-state index contributed by atoms with van der Waals surface area (Å²) in [5.41, 5.74) is 4.20. The van der Waals surface area contributed by atoms with Crippen LogP contribution in [0.3, 0.4) is 0 Å². The minimum absolute atomic E-state index is 0. The lowest BCUT2D eigenvalue weighted by molar-refractivity contribution is -0.0000144. The quantitative estimate of drug-likeness (QED) is 0.615. The molecule has 0 bridgehead atoms. The number of aromatic hydroxyl groups is 1. The zero-order valence-corrected chi connectivity index (χ0v) is 17.4. The average molecular weight is 412 g/mol. The Kier molecular flexibility index (Phi) is 8.19. The normalized spacial score (nSPS) is 10.4. The lowest BCUT2D eigenvalue weighted by Gasteiger charge is -2.11. The fraction of sp³-hybridized carbons (Fsp3) is 0.217. The van der Waals surface area contributed by atoms with Crippen molar-refractivity contribution in [3.8, 4) is 16.9 Å². The second kappa shape index (κ2) is 10.6. The number of phenols is 1. The fourth-order valence-corrected chi connectivity index (χ4v) is 3.01. The van der Waals surface area contributed by atoms with Crippen LogP contribution in [-0.4, -0.2) is 41.5 Å². The molecule has 0 spiro atoms. The van der Waals surface area contributed by atoms with Gasteiger partial charge in [0, 0.05) is 23.6 Å². The van der Waals surface area contributed by atoms with E-state index in [1.165, 1.54) is 0 Å². The van der Waals surface area contributed by atoms with Gasteiger partial charge in [-0.15, -0.1) is 0 Å². The van der Waals surface area contributed by atoms with E-state index in [1.54, 1.807) is 30.6 Å². The predicted molar refractivity (Wildman–Crippen MR) is 114 cm³/mol. The molecule has 0 saturated carbocycles. The van der Waals surface area contributed by atoms with Crippen LogP contribution in [0.5, 0.6) is 5.75 Å². The molecular weight excluding hydrogens is 386 g/mol. The van der Waals surface area contributed by atoms with Gasteiger partial charge in [-0.3, -0.25) is 9.78 Å². The van der Waals surface area contributed by atoms with Gasteiger partial charge in [-0.25, -0.2) is 0 Å². The van der Waals surface area contributed by atoms with Crippen LogP contribution in [0.1, 0.15) is 23.8 Å². The van der Waals surface area contributed by atoms with Gasteiger partial charge >= 0.3 is 1.43 Å². The SMILES string of the molecule is CN(C)CCCc1cc(C(=O)Nc2ccc(-c3ccncc3)cc2)ccc1O.[Cl-].[H+]. The smallest absolute Gasteiger partial charge is 1.00 e. The predicted octanol–water partition coefficient (Wildman–Crippen LogP) is 1.32. The van der Waals surface area contributed by atoms with Crippen molar-refractivity contribution in [2.45, 2.75) is 12.8 Å². The number of nitrogens with zero attached hydrogens (tertiary/aromatic N) is 2. The number of phenolic OH excluding ortho intramolecular Hbond substituents is 1. The van der Waals surface area contributed by atoms with Crippen LogP contribution in [0.4, 0.5) is 5.69 Å². The standard InChI is InChI=1S/C23H25N3O2.ClH/c1-26(2)15-3-4-19-16-20(7-10-22(19)27)23(28)25-21-8-5-17(6-9-21)18-11-13-24-14-12-18;/h5-14,16,27H,3-4,15H2,1-2H3,(H,25,28);1H. The number of hydrogen-bond donors (Lipinski definition) is 2. The summed E-state index contributed by atoms with van der Waals surface area (Å²) in [7, 11) is 4.04. The Balaban J connectivity index is 0.00000225. The van der Waals surface area contributed by atoms with Gasteiger partial charge in [0.2, 0.25) is 0 Å². The topological polar surface area (TPSA) is 65.5 Å². The number of pyridine rings is 1. The Morgan fingerprint density at radius 1 is 1.03 bits per heavy atom. The van der Waals surface area contributed by atoms with Gasteiger partial charge in [0.15, 0.2) is 0 Å². The highest BCUT2D eigenvalue weighted by atomic mass is 35.5. The van der Waals surface area contributed by atoms with E-state index in [0.29, 0.717) is 5.56 Å². The third-order valence-electron chi connectivity index (χ3n) is 4.55. The number of hydrogen-bond acceptors (Lipinski definition) is 4. The number of benzene rings is 2. The zero-order chi connectivity index (χ0) is 19.9. The summed E-state index contributed by atoms with van der Waals surface area (Å²) < 4.78 is 0. The summed E-state index contributed by atoms with van der Waals surface area (Å²) in [6.07, 6.45) is 5.16. The molecule has 5 nitrogen and oxygen atoms in total. The third-order valence-corrected chi connectivity index (χ3v) is 4.55. The van der Waals surface area contributed by atoms with Crippen LogP contribution < -0.4 is 17.7 Å². The van der Waals surface area contributed by atoms with Gasteiger partial charge in [0.1, 0.15) is 5.75 Å². The third kappa shape index (κ3) is 6.31. The maximum Gasteiger partial charge on any atom is 1.00 e. The molecule has 152 valence electrons. The molecule has 2 N–H and O–H groups in total. The second-order valence-electron chi connectivity index (χ2n) is 7.02. The van der Waals surface area contributed by atoms with Crippen LogP contribution in [0, 0.1) is 0 Å². The Morgan fingerprint density at radius 3 is 2.34 bits per heavy atom. The van der Waals surface area contributed by atoms with E-state index >= 15 is 0 Å². The Labute approximate surface area is 179 Å².